The molecule has 2 rings (SSSR count). The zero-order chi connectivity index (χ0) is 11.7. The number of thiazole rings is 1. The summed E-state index contributed by atoms with van der Waals surface area (Å²) in [6, 6.07) is 0. The molecule has 16 heavy (non-hydrogen) atoms. The maximum absolute atomic E-state index is 12.2. The Kier molecular flexibility index (Phi) is 3.39. The van der Waals surface area contributed by atoms with E-state index < -0.39 is 0 Å². The SMILES string of the molecule is Cc1nc(N)sc1C(=O)N1CCSC(C)C1. The van der Waals surface area contributed by atoms with E-state index >= 15 is 0 Å². The number of aromatic nitrogens is 1. The number of amides is 1. The van der Waals surface area contributed by atoms with E-state index in [0.29, 0.717) is 15.3 Å². The number of rotatable bonds is 1. The van der Waals surface area contributed by atoms with E-state index in [4.69, 9.17) is 5.73 Å². The maximum atomic E-state index is 12.2. The summed E-state index contributed by atoms with van der Waals surface area (Å²) in [5.74, 6) is 1.10. The number of nitrogens with zero attached hydrogens (tertiary/aromatic N) is 2. The van der Waals surface area contributed by atoms with E-state index in [2.05, 4.69) is 11.9 Å². The number of nitrogen functional groups attached to an aromatic ring is 1. The molecule has 1 aromatic rings. The molecule has 1 aromatic heterocycles. The topological polar surface area (TPSA) is 59.2 Å². The average molecular weight is 257 g/mol. The highest BCUT2D eigenvalue weighted by Gasteiger charge is 2.25. The number of carbonyl (C=O) groups excluding carboxylic acids is 1. The summed E-state index contributed by atoms with van der Waals surface area (Å²) in [6.07, 6.45) is 0. The second kappa shape index (κ2) is 4.63. The standard InChI is InChI=1S/C10H15N3OS2/c1-6-5-13(3-4-15-6)9(14)8-7(2)12-10(11)16-8/h6H,3-5H2,1-2H3,(H2,11,12). The molecule has 0 radical (unpaired) electrons. The monoisotopic (exact) mass is 257 g/mol. The van der Waals surface area contributed by atoms with Crippen molar-refractivity contribution in [2.45, 2.75) is 19.1 Å². The predicted octanol–water partition coefficient (Wildman–Crippen LogP) is 1.61. The first kappa shape index (κ1) is 11.7. The van der Waals surface area contributed by atoms with Gasteiger partial charge in [0.25, 0.3) is 5.91 Å². The summed E-state index contributed by atoms with van der Waals surface area (Å²) in [4.78, 5) is 18.9. The third-order valence-corrected chi connectivity index (χ3v) is 4.65. The van der Waals surface area contributed by atoms with Crippen LogP contribution in [0.1, 0.15) is 22.3 Å². The molecule has 6 heteroatoms. The third kappa shape index (κ3) is 2.32. The van der Waals surface area contributed by atoms with Crippen LogP contribution in [0.3, 0.4) is 0 Å². The number of thioether (sulfide) groups is 1. The zero-order valence-corrected chi connectivity index (χ0v) is 11.0. The summed E-state index contributed by atoms with van der Waals surface area (Å²) in [5, 5.41) is 0.989. The Hall–Kier alpha value is -0.750. The van der Waals surface area contributed by atoms with Gasteiger partial charge in [0, 0.05) is 24.1 Å². The van der Waals surface area contributed by atoms with E-state index in [9.17, 15) is 4.79 Å². The van der Waals surface area contributed by atoms with Gasteiger partial charge in [0.2, 0.25) is 0 Å². The molecular weight excluding hydrogens is 242 g/mol. The molecule has 88 valence electrons. The van der Waals surface area contributed by atoms with Crippen LogP contribution in [0.15, 0.2) is 0 Å². The van der Waals surface area contributed by atoms with Gasteiger partial charge in [-0.3, -0.25) is 4.79 Å². The van der Waals surface area contributed by atoms with Gasteiger partial charge in [-0.1, -0.05) is 18.3 Å². The Morgan fingerprint density at radius 1 is 1.62 bits per heavy atom. The molecule has 2 heterocycles. The van der Waals surface area contributed by atoms with E-state index in [-0.39, 0.29) is 5.91 Å². The van der Waals surface area contributed by atoms with Gasteiger partial charge in [-0.05, 0) is 6.92 Å². The maximum Gasteiger partial charge on any atom is 0.265 e. The van der Waals surface area contributed by atoms with Gasteiger partial charge in [-0.25, -0.2) is 4.98 Å². The van der Waals surface area contributed by atoms with E-state index in [1.807, 2.05) is 23.6 Å². The number of carbonyl (C=O) groups is 1. The highest BCUT2D eigenvalue weighted by atomic mass is 32.2. The van der Waals surface area contributed by atoms with Crippen molar-refractivity contribution in [3.05, 3.63) is 10.6 Å². The smallest absolute Gasteiger partial charge is 0.265 e. The molecule has 1 fully saturated rings. The molecule has 0 saturated carbocycles. The van der Waals surface area contributed by atoms with Crippen LogP contribution < -0.4 is 5.73 Å². The first-order chi connectivity index (χ1) is 7.58. The molecule has 1 saturated heterocycles. The molecular formula is C10H15N3OS2. The Bertz CT molecular complexity index is 405. The average Bonchev–Trinajstić information content (AvgIpc) is 2.57. The second-order valence-electron chi connectivity index (χ2n) is 3.90. The Morgan fingerprint density at radius 3 is 2.94 bits per heavy atom. The number of anilines is 1. The predicted molar refractivity (Wildman–Crippen MR) is 69.1 cm³/mol. The van der Waals surface area contributed by atoms with E-state index in [1.54, 1.807) is 0 Å². The van der Waals surface area contributed by atoms with Gasteiger partial charge in [-0.2, -0.15) is 11.8 Å². The normalized spacial score (nSPS) is 21.1. The molecule has 0 aromatic carbocycles. The van der Waals surface area contributed by atoms with Crippen molar-refractivity contribution in [3.8, 4) is 0 Å². The molecule has 0 aliphatic carbocycles. The minimum absolute atomic E-state index is 0.0823. The molecule has 1 unspecified atom stereocenters. The fraction of sp³-hybridized carbons (Fsp3) is 0.600. The fourth-order valence-corrected chi connectivity index (χ4v) is 3.58. The lowest BCUT2D eigenvalue weighted by Gasteiger charge is -2.30. The molecule has 2 N–H and O–H groups in total. The van der Waals surface area contributed by atoms with E-state index in [0.717, 1.165) is 24.5 Å². The molecule has 0 spiro atoms. The highest BCUT2D eigenvalue weighted by molar-refractivity contribution is 7.99. The number of hydrogen-bond donors (Lipinski definition) is 1. The van der Waals surface area contributed by atoms with Gasteiger partial charge >= 0.3 is 0 Å². The largest absolute Gasteiger partial charge is 0.375 e. The van der Waals surface area contributed by atoms with Crippen molar-refractivity contribution >= 4 is 34.1 Å². The lowest BCUT2D eigenvalue weighted by molar-refractivity contribution is 0.0767. The van der Waals surface area contributed by atoms with Gasteiger partial charge in [0.05, 0.1) is 5.69 Å². The van der Waals surface area contributed by atoms with Crippen LogP contribution in [0.5, 0.6) is 0 Å². The van der Waals surface area contributed by atoms with Crippen LogP contribution in [0.2, 0.25) is 0 Å². The summed E-state index contributed by atoms with van der Waals surface area (Å²) in [6.45, 7) is 5.63. The quantitative estimate of drug-likeness (QED) is 0.830. The van der Waals surface area contributed by atoms with Crippen molar-refractivity contribution in [2.24, 2.45) is 0 Å². The first-order valence-electron chi connectivity index (χ1n) is 5.21. The third-order valence-electron chi connectivity index (χ3n) is 2.54. The molecule has 1 amide bonds. The molecule has 1 aliphatic heterocycles. The van der Waals surface area contributed by atoms with Crippen molar-refractivity contribution in [1.82, 2.24) is 9.88 Å². The summed E-state index contributed by atoms with van der Waals surface area (Å²) in [5.41, 5.74) is 6.36. The van der Waals surface area contributed by atoms with Gasteiger partial charge in [-0.15, -0.1) is 0 Å². The Morgan fingerprint density at radius 2 is 2.38 bits per heavy atom. The highest BCUT2D eigenvalue weighted by Crippen LogP contribution is 2.24. The molecule has 4 nitrogen and oxygen atoms in total. The number of nitrogens with two attached hydrogens (primary N) is 1. The van der Waals surface area contributed by atoms with Crippen molar-refractivity contribution < 1.29 is 4.79 Å². The summed E-state index contributed by atoms with van der Waals surface area (Å²) in [7, 11) is 0. The minimum atomic E-state index is 0.0823. The van der Waals surface area contributed by atoms with Crippen LogP contribution >= 0.6 is 23.1 Å². The lowest BCUT2D eigenvalue weighted by atomic mass is 10.3. The Labute approximate surface area is 103 Å². The van der Waals surface area contributed by atoms with Crippen LogP contribution in [0.25, 0.3) is 0 Å². The lowest BCUT2D eigenvalue weighted by Crippen LogP contribution is -2.40. The number of hydrogen-bond acceptors (Lipinski definition) is 5. The van der Waals surface area contributed by atoms with Gasteiger partial charge in [0.15, 0.2) is 5.13 Å². The van der Waals surface area contributed by atoms with Gasteiger partial charge < -0.3 is 10.6 Å². The van der Waals surface area contributed by atoms with E-state index in [1.165, 1.54) is 11.3 Å². The van der Waals surface area contributed by atoms with Crippen molar-refractivity contribution in [2.75, 3.05) is 24.6 Å². The van der Waals surface area contributed by atoms with Crippen LogP contribution in [-0.2, 0) is 0 Å². The van der Waals surface area contributed by atoms with Crippen molar-refractivity contribution in [3.63, 3.8) is 0 Å². The van der Waals surface area contributed by atoms with Crippen LogP contribution in [-0.4, -0.2) is 39.9 Å². The fourth-order valence-electron chi connectivity index (χ4n) is 1.76. The zero-order valence-electron chi connectivity index (χ0n) is 9.40. The van der Waals surface area contributed by atoms with Crippen molar-refractivity contribution in [1.29, 1.82) is 0 Å². The van der Waals surface area contributed by atoms with Gasteiger partial charge in [0.1, 0.15) is 4.88 Å². The molecule has 1 atom stereocenters. The molecule has 1 aliphatic rings. The number of aryl methyl sites for hydroxylation is 1. The summed E-state index contributed by atoms with van der Waals surface area (Å²) >= 11 is 3.20. The summed E-state index contributed by atoms with van der Waals surface area (Å²) < 4.78 is 0. The van der Waals surface area contributed by atoms with Crippen LogP contribution in [0.4, 0.5) is 5.13 Å². The second-order valence-corrected chi connectivity index (χ2v) is 6.48. The first-order valence-corrected chi connectivity index (χ1v) is 7.08. The minimum Gasteiger partial charge on any atom is -0.375 e. The van der Waals surface area contributed by atoms with Crippen LogP contribution in [0, 0.1) is 6.92 Å². The Balaban J connectivity index is 2.15. The molecule has 0 bridgehead atoms.